The molecular formula is C24H47NO2. The number of hydrogen-bond acceptors (Lipinski definition) is 3. The summed E-state index contributed by atoms with van der Waals surface area (Å²) in [5, 5.41) is 3.68. The van der Waals surface area contributed by atoms with E-state index in [9.17, 15) is 4.79 Å². The third kappa shape index (κ3) is 6.48. The van der Waals surface area contributed by atoms with Crippen LogP contribution in [0.1, 0.15) is 114 Å². The first-order chi connectivity index (χ1) is 12.3. The van der Waals surface area contributed by atoms with Gasteiger partial charge in [-0.15, -0.1) is 0 Å². The highest BCUT2D eigenvalue weighted by molar-refractivity contribution is 5.73. The van der Waals surface area contributed by atoms with Gasteiger partial charge in [0.1, 0.15) is 6.10 Å². The molecule has 27 heavy (non-hydrogen) atoms. The number of esters is 1. The number of nitrogens with one attached hydrogen (secondary N) is 1. The number of piperidine rings is 1. The van der Waals surface area contributed by atoms with Crippen LogP contribution in [0.3, 0.4) is 0 Å². The SMILES string of the molecule is CCC(C)(CC)CC(C(=O)OC1CC(C)(C)NC(C)(C)C1)C(C)(CC)CC. The van der Waals surface area contributed by atoms with E-state index in [1.165, 1.54) is 0 Å². The van der Waals surface area contributed by atoms with Crippen molar-refractivity contribution in [1.82, 2.24) is 5.32 Å². The fraction of sp³-hybridized carbons (Fsp3) is 0.958. The van der Waals surface area contributed by atoms with E-state index < -0.39 is 0 Å². The van der Waals surface area contributed by atoms with E-state index >= 15 is 0 Å². The third-order valence-electron chi connectivity index (χ3n) is 7.58. The lowest BCUT2D eigenvalue weighted by molar-refractivity contribution is -0.165. The second-order valence-corrected chi connectivity index (χ2v) is 11.0. The molecule has 1 atom stereocenters. The molecule has 0 aliphatic carbocycles. The van der Waals surface area contributed by atoms with Crippen molar-refractivity contribution in [2.24, 2.45) is 16.7 Å². The Morgan fingerprint density at radius 1 is 0.963 bits per heavy atom. The van der Waals surface area contributed by atoms with Gasteiger partial charge >= 0.3 is 5.97 Å². The van der Waals surface area contributed by atoms with E-state index in [4.69, 9.17) is 4.74 Å². The average Bonchev–Trinajstić information content (AvgIpc) is 2.55. The highest BCUT2D eigenvalue weighted by Crippen LogP contribution is 2.45. The molecule has 0 bridgehead atoms. The third-order valence-corrected chi connectivity index (χ3v) is 7.58. The quantitative estimate of drug-likeness (QED) is 0.463. The molecule has 0 aromatic heterocycles. The molecule has 1 aliphatic rings. The van der Waals surface area contributed by atoms with Crippen molar-refractivity contribution in [3.05, 3.63) is 0 Å². The number of carbonyl (C=O) groups excluding carboxylic acids is 1. The van der Waals surface area contributed by atoms with Crippen LogP contribution in [0.25, 0.3) is 0 Å². The van der Waals surface area contributed by atoms with Gasteiger partial charge in [-0.2, -0.15) is 0 Å². The van der Waals surface area contributed by atoms with Gasteiger partial charge < -0.3 is 10.1 Å². The zero-order valence-corrected chi connectivity index (χ0v) is 19.9. The number of hydrogen-bond donors (Lipinski definition) is 1. The van der Waals surface area contributed by atoms with Crippen molar-refractivity contribution in [2.45, 2.75) is 131 Å². The first-order valence-electron chi connectivity index (χ1n) is 11.2. The number of carbonyl (C=O) groups is 1. The Kier molecular flexibility index (Phi) is 8.01. The molecule has 1 unspecified atom stereocenters. The molecule has 0 aromatic rings. The van der Waals surface area contributed by atoms with Crippen molar-refractivity contribution < 1.29 is 9.53 Å². The van der Waals surface area contributed by atoms with Gasteiger partial charge in [-0.1, -0.05) is 54.4 Å². The lowest BCUT2D eigenvalue weighted by Crippen LogP contribution is -2.60. The van der Waals surface area contributed by atoms with E-state index in [0.29, 0.717) is 0 Å². The van der Waals surface area contributed by atoms with Gasteiger partial charge in [-0.3, -0.25) is 4.79 Å². The summed E-state index contributed by atoms with van der Waals surface area (Å²) in [6, 6.07) is 0. The minimum absolute atomic E-state index is 0.000631. The highest BCUT2D eigenvalue weighted by Gasteiger charge is 2.44. The van der Waals surface area contributed by atoms with Crippen LogP contribution >= 0.6 is 0 Å². The summed E-state index contributed by atoms with van der Waals surface area (Å²) >= 11 is 0. The maximum absolute atomic E-state index is 13.5. The molecule has 1 heterocycles. The van der Waals surface area contributed by atoms with Gasteiger partial charge in [0.25, 0.3) is 0 Å². The summed E-state index contributed by atoms with van der Waals surface area (Å²) in [5.74, 6) is 0.00587. The Hall–Kier alpha value is -0.570. The van der Waals surface area contributed by atoms with Crippen LogP contribution in [-0.4, -0.2) is 23.2 Å². The van der Waals surface area contributed by atoms with E-state index in [1.54, 1.807) is 0 Å². The molecule has 0 radical (unpaired) electrons. The molecule has 3 nitrogen and oxygen atoms in total. The smallest absolute Gasteiger partial charge is 0.309 e. The van der Waals surface area contributed by atoms with Gasteiger partial charge in [-0.25, -0.2) is 0 Å². The Balaban J connectivity index is 3.06. The minimum atomic E-state index is -0.0292. The van der Waals surface area contributed by atoms with Crippen molar-refractivity contribution in [3.63, 3.8) is 0 Å². The lowest BCUT2D eigenvalue weighted by atomic mass is 9.65. The van der Waals surface area contributed by atoms with Gasteiger partial charge in [0, 0.05) is 23.9 Å². The highest BCUT2D eigenvalue weighted by atomic mass is 16.5. The van der Waals surface area contributed by atoms with Crippen LogP contribution in [0, 0.1) is 16.7 Å². The summed E-state index contributed by atoms with van der Waals surface area (Å²) in [5.41, 5.74) is 0.174. The van der Waals surface area contributed by atoms with Gasteiger partial charge in [-0.05, 0) is 57.8 Å². The maximum Gasteiger partial charge on any atom is 0.309 e. The van der Waals surface area contributed by atoms with Crippen LogP contribution in [0.15, 0.2) is 0 Å². The fourth-order valence-corrected chi connectivity index (χ4v) is 4.95. The molecule has 1 saturated heterocycles. The Bertz CT molecular complexity index is 471. The number of rotatable bonds is 9. The van der Waals surface area contributed by atoms with Gasteiger partial charge in [0.15, 0.2) is 0 Å². The predicted molar refractivity (Wildman–Crippen MR) is 116 cm³/mol. The van der Waals surface area contributed by atoms with Crippen molar-refractivity contribution in [3.8, 4) is 0 Å². The zero-order chi connectivity index (χ0) is 21.1. The second kappa shape index (κ2) is 8.84. The molecule has 160 valence electrons. The van der Waals surface area contributed by atoms with Crippen LogP contribution in [-0.2, 0) is 9.53 Å². The van der Waals surface area contributed by atoms with Gasteiger partial charge in [0.05, 0.1) is 5.92 Å². The van der Waals surface area contributed by atoms with E-state index in [-0.39, 0.29) is 39.9 Å². The molecular weight excluding hydrogens is 334 g/mol. The molecule has 3 heteroatoms. The standard InChI is InChI=1S/C24H47NO2/c1-11-23(9,12-2)17-19(24(10,13-3)14-4)20(26)27-18-15-21(5,6)25-22(7,8)16-18/h18-19,25H,11-17H2,1-10H3. The molecule has 0 saturated carbocycles. The Morgan fingerprint density at radius 2 is 1.41 bits per heavy atom. The van der Waals surface area contributed by atoms with Crippen molar-refractivity contribution in [2.75, 3.05) is 0 Å². The van der Waals surface area contributed by atoms with Crippen molar-refractivity contribution in [1.29, 1.82) is 0 Å². The molecule has 0 aromatic carbocycles. The normalized spacial score (nSPS) is 21.7. The zero-order valence-electron chi connectivity index (χ0n) is 19.9. The summed E-state index contributed by atoms with van der Waals surface area (Å²) in [7, 11) is 0. The minimum Gasteiger partial charge on any atom is -0.462 e. The molecule has 0 spiro atoms. The summed E-state index contributed by atoms with van der Waals surface area (Å²) in [6.45, 7) is 22.4. The monoisotopic (exact) mass is 381 g/mol. The average molecular weight is 382 g/mol. The lowest BCUT2D eigenvalue weighted by Gasteiger charge is -2.47. The van der Waals surface area contributed by atoms with Crippen LogP contribution in [0.2, 0.25) is 0 Å². The summed E-state index contributed by atoms with van der Waals surface area (Å²) < 4.78 is 6.23. The summed E-state index contributed by atoms with van der Waals surface area (Å²) in [6.07, 6.45) is 6.90. The topological polar surface area (TPSA) is 38.3 Å². The van der Waals surface area contributed by atoms with E-state index in [0.717, 1.165) is 44.9 Å². The maximum atomic E-state index is 13.5. The molecule has 1 N–H and O–H groups in total. The molecule has 1 rings (SSSR count). The predicted octanol–water partition coefficient (Wildman–Crippen LogP) is 6.50. The van der Waals surface area contributed by atoms with Crippen LogP contribution in [0.5, 0.6) is 0 Å². The Morgan fingerprint density at radius 3 is 1.78 bits per heavy atom. The first-order valence-corrected chi connectivity index (χ1v) is 11.2. The summed E-state index contributed by atoms with van der Waals surface area (Å²) in [4.78, 5) is 13.5. The second-order valence-electron chi connectivity index (χ2n) is 11.0. The van der Waals surface area contributed by atoms with Crippen LogP contribution < -0.4 is 5.32 Å². The fourth-order valence-electron chi connectivity index (χ4n) is 4.95. The molecule has 1 fully saturated rings. The van der Waals surface area contributed by atoms with Crippen molar-refractivity contribution >= 4 is 5.97 Å². The van der Waals surface area contributed by atoms with Crippen LogP contribution in [0.4, 0.5) is 0 Å². The van der Waals surface area contributed by atoms with E-state index in [1.807, 2.05) is 0 Å². The molecule has 0 amide bonds. The molecule has 1 aliphatic heterocycles. The van der Waals surface area contributed by atoms with Gasteiger partial charge in [0.2, 0.25) is 0 Å². The number of ether oxygens (including phenoxy) is 1. The first kappa shape index (κ1) is 24.5. The largest absolute Gasteiger partial charge is 0.462 e. The Labute approximate surface area is 169 Å². The van der Waals surface area contributed by atoms with E-state index in [2.05, 4.69) is 74.6 Å².